The van der Waals surface area contributed by atoms with Crippen molar-refractivity contribution < 1.29 is 33.3 Å². The molecule has 0 aromatic heterocycles. The minimum absolute atomic E-state index is 0.273. The van der Waals surface area contributed by atoms with Crippen molar-refractivity contribution in [3.63, 3.8) is 0 Å². The molecule has 0 bridgehead atoms. The van der Waals surface area contributed by atoms with Crippen LogP contribution in [0, 0.1) is 10.8 Å². The lowest BCUT2D eigenvalue weighted by Gasteiger charge is -2.28. The van der Waals surface area contributed by atoms with Crippen LogP contribution in [0.25, 0.3) is 6.08 Å². The maximum absolute atomic E-state index is 13.2. The number of carbonyl (C=O) groups excluding carboxylic acids is 3. The lowest BCUT2D eigenvalue weighted by molar-refractivity contribution is -0.143. The number of ether oxygens (including phenoxy) is 4. The van der Waals surface area contributed by atoms with Gasteiger partial charge in [0.15, 0.2) is 17.3 Å². The van der Waals surface area contributed by atoms with Crippen molar-refractivity contribution in [2.45, 2.75) is 74.1 Å². The highest BCUT2D eigenvalue weighted by molar-refractivity contribution is 6.07. The number of esters is 2. The second kappa shape index (κ2) is 13.2. The summed E-state index contributed by atoms with van der Waals surface area (Å²) in [6, 6.07) is 8.12. The highest BCUT2D eigenvalue weighted by Gasteiger charge is 2.32. The van der Waals surface area contributed by atoms with Crippen LogP contribution in [0.3, 0.4) is 0 Å². The molecule has 0 atom stereocenters. The van der Waals surface area contributed by atoms with Crippen LogP contribution in [-0.2, 0) is 15.0 Å². The van der Waals surface area contributed by atoms with E-state index in [0.29, 0.717) is 40.5 Å². The topological polar surface area (TPSA) is 88.1 Å². The fraction of sp³-hybridized carbons (Fsp3) is 0.441. The number of hydrogen-bond donors (Lipinski definition) is 0. The van der Waals surface area contributed by atoms with Gasteiger partial charge in [0.2, 0.25) is 0 Å². The van der Waals surface area contributed by atoms with Gasteiger partial charge >= 0.3 is 11.9 Å². The normalized spacial score (nSPS) is 12.1. The van der Waals surface area contributed by atoms with Gasteiger partial charge in [-0.05, 0) is 90.4 Å². The number of allylic oxidation sites excluding steroid dienone is 2. The number of hydrogen-bond acceptors (Lipinski definition) is 7. The molecule has 0 saturated carbocycles. The molecular weight excluding hydrogens is 520 g/mol. The summed E-state index contributed by atoms with van der Waals surface area (Å²) in [5.74, 6) is 0.312. The SMILES string of the molecule is C=CC(C)(C)c1cc(OC)c(OCCC)c(C=CC(=O)c2ccc(OC(=O)C(C)(C)C)cc2)c1OC(=O)C(C)(C)C. The molecule has 0 aliphatic carbocycles. The van der Waals surface area contributed by atoms with Crippen molar-refractivity contribution in [2.24, 2.45) is 10.8 Å². The van der Waals surface area contributed by atoms with Crippen LogP contribution in [0.1, 0.15) is 90.2 Å². The van der Waals surface area contributed by atoms with E-state index in [4.69, 9.17) is 18.9 Å². The molecule has 7 nitrogen and oxygen atoms in total. The maximum atomic E-state index is 13.2. The first kappa shape index (κ1) is 33.3. The number of rotatable bonds is 11. The fourth-order valence-electron chi connectivity index (χ4n) is 3.45. The van der Waals surface area contributed by atoms with Gasteiger partial charge in [0, 0.05) is 16.5 Å². The number of carbonyl (C=O) groups is 3. The minimum atomic E-state index is -0.783. The van der Waals surface area contributed by atoms with Gasteiger partial charge in [-0.15, -0.1) is 6.58 Å². The van der Waals surface area contributed by atoms with E-state index in [0.717, 1.165) is 6.42 Å². The Morgan fingerprint density at radius 2 is 1.41 bits per heavy atom. The Labute approximate surface area is 244 Å². The summed E-state index contributed by atoms with van der Waals surface area (Å²) in [5.41, 5.74) is -0.604. The summed E-state index contributed by atoms with van der Waals surface area (Å²) in [6.45, 7) is 20.8. The molecule has 0 fully saturated rings. The van der Waals surface area contributed by atoms with Crippen molar-refractivity contribution in [3.8, 4) is 23.0 Å². The molecule has 222 valence electrons. The summed E-state index contributed by atoms with van der Waals surface area (Å²) in [4.78, 5) is 38.5. The average Bonchev–Trinajstić information content (AvgIpc) is 2.89. The summed E-state index contributed by atoms with van der Waals surface area (Å²) in [7, 11) is 1.53. The van der Waals surface area contributed by atoms with Crippen molar-refractivity contribution in [1.29, 1.82) is 0 Å². The zero-order valence-electron chi connectivity index (χ0n) is 26.1. The van der Waals surface area contributed by atoms with Crippen LogP contribution in [0.5, 0.6) is 23.0 Å². The molecule has 7 heteroatoms. The van der Waals surface area contributed by atoms with Gasteiger partial charge in [-0.3, -0.25) is 14.4 Å². The van der Waals surface area contributed by atoms with Gasteiger partial charge in [-0.2, -0.15) is 0 Å². The molecule has 0 aliphatic heterocycles. The first-order chi connectivity index (χ1) is 19.0. The standard InChI is InChI=1S/C34H44O7/c1-12-20-39-29-24(18-19-26(35)22-14-16-23(17-15-22)40-30(36)32(3,4)5)28(41-31(37)33(6,7)8)25(21-27(29)38-11)34(9,10)13-2/h13-19,21H,2,12,20H2,1,3-11H3. The highest BCUT2D eigenvalue weighted by Crippen LogP contribution is 2.46. The summed E-state index contributed by atoms with van der Waals surface area (Å²) < 4.78 is 23.2. The molecular formula is C34H44O7. The van der Waals surface area contributed by atoms with Crippen LogP contribution >= 0.6 is 0 Å². The van der Waals surface area contributed by atoms with Crippen LogP contribution in [0.2, 0.25) is 0 Å². The van der Waals surface area contributed by atoms with Gasteiger partial charge in [0.25, 0.3) is 0 Å². The third-order valence-corrected chi connectivity index (χ3v) is 6.28. The maximum Gasteiger partial charge on any atom is 0.316 e. The molecule has 0 heterocycles. The zero-order valence-corrected chi connectivity index (χ0v) is 26.1. The molecule has 41 heavy (non-hydrogen) atoms. The Bertz CT molecular complexity index is 1300. The number of benzene rings is 2. The number of ketones is 1. The molecule has 0 saturated heterocycles. The van der Waals surface area contributed by atoms with Crippen LogP contribution in [-0.4, -0.2) is 31.4 Å². The van der Waals surface area contributed by atoms with Crippen molar-refractivity contribution >= 4 is 23.8 Å². The largest absolute Gasteiger partial charge is 0.493 e. The molecule has 2 aromatic rings. The van der Waals surface area contributed by atoms with E-state index in [-0.39, 0.29) is 17.5 Å². The second-order valence-corrected chi connectivity index (χ2v) is 12.5. The highest BCUT2D eigenvalue weighted by atomic mass is 16.5. The quantitative estimate of drug-likeness (QED) is 0.0906. The molecule has 0 N–H and O–H groups in total. The first-order valence-corrected chi connectivity index (χ1v) is 13.7. The van der Waals surface area contributed by atoms with E-state index in [1.165, 1.54) is 13.2 Å². The fourth-order valence-corrected chi connectivity index (χ4v) is 3.45. The molecule has 2 rings (SSSR count). The molecule has 0 unspecified atom stereocenters. The Hall–Kier alpha value is -3.87. The van der Waals surface area contributed by atoms with E-state index in [2.05, 4.69) is 6.58 Å². The third kappa shape index (κ3) is 8.56. The van der Waals surface area contributed by atoms with Gasteiger partial charge in [-0.25, -0.2) is 0 Å². The summed E-state index contributed by atoms with van der Waals surface area (Å²) >= 11 is 0. The van der Waals surface area contributed by atoms with Crippen LogP contribution in [0.4, 0.5) is 0 Å². The van der Waals surface area contributed by atoms with E-state index >= 15 is 0 Å². The predicted octanol–water partition coefficient (Wildman–Crippen LogP) is 7.75. The number of methoxy groups -OCH3 is 1. The molecule has 0 amide bonds. The van der Waals surface area contributed by atoms with E-state index in [1.54, 1.807) is 84.0 Å². The molecule has 2 aromatic carbocycles. The third-order valence-electron chi connectivity index (χ3n) is 6.28. The van der Waals surface area contributed by atoms with E-state index in [9.17, 15) is 14.4 Å². The Morgan fingerprint density at radius 1 is 0.854 bits per heavy atom. The van der Waals surface area contributed by atoms with Crippen LogP contribution < -0.4 is 18.9 Å². The van der Waals surface area contributed by atoms with Gasteiger partial charge in [0.05, 0.1) is 30.1 Å². The van der Waals surface area contributed by atoms with Gasteiger partial charge < -0.3 is 18.9 Å². The summed E-state index contributed by atoms with van der Waals surface area (Å²) in [6.07, 6.45) is 5.46. The molecule has 0 aliphatic rings. The minimum Gasteiger partial charge on any atom is -0.493 e. The lowest BCUT2D eigenvalue weighted by atomic mass is 9.82. The van der Waals surface area contributed by atoms with Crippen molar-refractivity contribution in [3.05, 3.63) is 65.8 Å². The van der Waals surface area contributed by atoms with Gasteiger partial charge in [-0.1, -0.05) is 26.8 Å². The zero-order chi connectivity index (χ0) is 31.2. The van der Waals surface area contributed by atoms with Crippen molar-refractivity contribution in [1.82, 2.24) is 0 Å². The Balaban J connectivity index is 2.66. The van der Waals surface area contributed by atoms with E-state index in [1.807, 2.05) is 20.8 Å². The monoisotopic (exact) mass is 564 g/mol. The second-order valence-electron chi connectivity index (χ2n) is 12.5. The first-order valence-electron chi connectivity index (χ1n) is 13.7. The van der Waals surface area contributed by atoms with Gasteiger partial charge in [0.1, 0.15) is 11.5 Å². The molecule has 0 radical (unpaired) electrons. The Morgan fingerprint density at radius 3 is 1.90 bits per heavy atom. The lowest BCUT2D eigenvalue weighted by Crippen LogP contribution is -2.28. The van der Waals surface area contributed by atoms with Crippen LogP contribution in [0.15, 0.2) is 49.1 Å². The Kier molecular flexibility index (Phi) is 10.7. The average molecular weight is 565 g/mol. The summed E-state index contributed by atoms with van der Waals surface area (Å²) in [5, 5.41) is 0. The van der Waals surface area contributed by atoms with Crippen molar-refractivity contribution in [2.75, 3.05) is 13.7 Å². The predicted molar refractivity (Wildman–Crippen MR) is 162 cm³/mol. The van der Waals surface area contributed by atoms with E-state index < -0.39 is 22.2 Å². The smallest absolute Gasteiger partial charge is 0.316 e. The molecule has 0 spiro atoms.